The third-order valence-electron chi connectivity index (χ3n) is 2.62. The number of carbonyl (C=O) groups is 1. The van der Waals surface area contributed by atoms with Gasteiger partial charge in [0.15, 0.2) is 0 Å². The van der Waals surface area contributed by atoms with E-state index in [1.165, 1.54) is 26.4 Å². The summed E-state index contributed by atoms with van der Waals surface area (Å²) in [6, 6.07) is 7.36. The van der Waals surface area contributed by atoms with Gasteiger partial charge in [-0.05, 0) is 30.3 Å². The molecule has 5 heteroatoms. The smallest absolute Gasteiger partial charge is 0.341 e. The van der Waals surface area contributed by atoms with Crippen molar-refractivity contribution in [2.24, 2.45) is 0 Å². The van der Waals surface area contributed by atoms with Crippen LogP contribution >= 0.6 is 0 Å². The van der Waals surface area contributed by atoms with Crippen molar-refractivity contribution < 1.29 is 23.1 Å². The molecule has 2 aromatic rings. The topological polar surface area (TPSA) is 48.7 Å². The molecular weight excluding hydrogens is 251 g/mol. The second-order valence-electron chi connectivity index (χ2n) is 3.88. The molecule has 0 bridgehead atoms. The van der Waals surface area contributed by atoms with Crippen LogP contribution < -0.4 is 0 Å². The van der Waals surface area contributed by atoms with E-state index in [9.17, 15) is 9.18 Å². The Morgan fingerprint density at radius 3 is 2.53 bits per heavy atom. The van der Waals surface area contributed by atoms with Gasteiger partial charge in [0.2, 0.25) is 0 Å². The Labute approximate surface area is 109 Å². The van der Waals surface area contributed by atoms with Crippen LogP contribution in [0.1, 0.15) is 16.1 Å². The molecule has 0 fully saturated rings. The molecule has 1 aromatic carbocycles. The van der Waals surface area contributed by atoms with Crippen molar-refractivity contribution in [2.45, 2.75) is 6.61 Å². The first-order chi connectivity index (χ1) is 9.15. The van der Waals surface area contributed by atoms with Gasteiger partial charge in [0.1, 0.15) is 29.5 Å². The summed E-state index contributed by atoms with van der Waals surface area (Å²) >= 11 is 0. The molecule has 4 nitrogen and oxygen atoms in total. The van der Waals surface area contributed by atoms with Gasteiger partial charge in [-0.3, -0.25) is 0 Å². The maximum absolute atomic E-state index is 12.9. The van der Waals surface area contributed by atoms with Crippen LogP contribution in [0.5, 0.6) is 0 Å². The maximum Gasteiger partial charge on any atom is 0.341 e. The minimum Gasteiger partial charge on any atom is -0.465 e. The van der Waals surface area contributed by atoms with Gasteiger partial charge in [0.05, 0.1) is 7.11 Å². The van der Waals surface area contributed by atoms with E-state index < -0.39 is 5.97 Å². The van der Waals surface area contributed by atoms with Gasteiger partial charge >= 0.3 is 5.97 Å². The second kappa shape index (κ2) is 5.67. The van der Waals surface area contributed by atoms with Crippen LogP contribution in [-0.4, -0.2) is 20.2 Å². The molecule has 0 saturated heterocycles. The van der Waals surface area contributed by atoms with E-state index in [2.05, 4.69) is 4.74 Å². The molecule has 1 heterocycles. The number of hydrogen-bond acceptors (Lipinski definition) is 4. The zero-order chi connectivity index (χ0) is 13.8. The van der Waals surface area contributed by atoms with Crippen LogP contribution in [0.4, 0.5) is 4.39 Å². The van der Waals surface area contributed by atoms with Gasteiger partial charge in [-0.2, -0.15) is 0 Å². The summed E-state index contributed by atoms with van der Waals surface area (Å²) in [5.41, 5.74) is 0.984. The van der Waals surface area contributed by atoms with E-state index in [1.807, 2.05) is 0 Å². The first kappa shape index (κ1) is 13.3. The fourth-order valence-corrected chi connectivity index (χ4v) is 1.71. The van der Waals surface area contributed by atoms with Crippen LogP contribution in [0.2, 0.25) is 0 Å². The maximum atomic E-state index is 12.9. The highest BCUT2D eigenvalue weighted by Gasteiger charge is 2.19. The number of methoxy groups -OCH3 is 2. The van der Waals surface area contributed by atoms with Gasteiger partial charge in [-0.1, -0.05) is 0 Å². The highest BCUT2D eigenvalue weighted by atomic mass is 19.1. The molecule has 1 aromatic heterocycles. The van der Waals surface area contributed by atoms with Crippen molar-refractivity contribution in [3.05, 3.63) is 47.5 Å². The van der Waals surface area contributed by atoms with Crippen molar-refractivity contribution in [3.63, 3.8) is 0 Å². The van der Waals surface area contributed by atoms with Gasteiger partial charge < -0.3 is 13.9 Å². The monoisotopic (exact) mass is 264 g/mol. The molecule has 0 atom stereocenters. The number of carbonyl (C=O) groups excluding carboxylic acids is 1. The number of halogens is 1. The van der Waals surface area contributed by atoms with Gasteiger partial charge in [0.25, 0.3) is 0 Å². The van der Waals surface area contributed by atoms with Crippen molar-refractivity contribution in [1.82, 2.24) is 0 Å². The van der Waals surface area contributed by atoms with E-state index in [-0.39, 0.29) is 12.4 Å². The van der Waals surface area contributed by atoms with Crippen LogP contribution in [-0.2, 0) is 16.1 Å². The summed E-state index contributed by atoms with van der Waals surface area (Å²) in [6.07, 6.45) is 0. The van der Waals surface area contributed by atoms with E-state index in [1.54, 1.807) is 18.2 Å². The highest BCUT2D eigenvalue weighted by molar-refractivity contribution is 5.91. The Balaban J connectivity index is 2.41. The Morgan fingerprint density at radius 2 is 1.95 bits per heavy atom. The number of rotatable bonds is 4. The minimum atomic E-state index is -0.496. The average Bonchev–Trinajstić information content (AvgIpc) is 2.83. The quantitative estimate of drug-likeness (QED) is 0.796. The first-order valence-electron chi connectivity index (χ1n) is 5.61. The molecule has 19 heavy (non-hydrogen) atoms. The summed E-state index contributed by atoms with van der Waals surface area (Å²) in [6.45, 7) is 0.158. The highest BCUT2D eigenvalue weighted by Crippen LogP contribution is 2.27. The molecule has 0 aliphatic heterocycles. The summed E-state index contributed by atoms with van der Waals surface area (Å²) in [5, 5.41) is 0. The number of hydrogen-bond donors (Lipinski definition) is 0. The summed E-state index contributed by atoms with van der Waals surface area (Å²) < 4.78 is 28.1. The van der Waals surface area contributed by atoms with Crippen LogP contribution in [0, 0.1) is 5.82 Å². The van der Waals surface area contributed by atoms with Crippen LogP contribution in [0.15, 0.2) is 34.7 Å². The SMILES string of the molecule is COCc1oc(-c2ccc(F)cc2)cc1C(=O)OC. The molecule has 0 radical (unpaired) electrons. The van der Waals surface area contributed by atoms with Gasteiger partial charge in [-0.25, -0.2) is 9.18 Å². The lowest BCUT2D eigenvalue weighted by Gasteiger charge is -1.99. The number of esters is 1. The Morgan fingerprint density at radius 1 is 1.26 bits per heavy atom. The molecule has 0 aliphatic rings. The number of furan rings is 1. The van der Waals surface area contributed by atoms with E-state index >= 15 is 0 Å². The minimum absolute atomic E-state index is 0.158. The largest absolute Gasteiger partial charge is 0.465 e. The molecule has 2 rings (SSSR count). The predicted molar refractivity (Wildman–Crippen MR) is 66.2 cm³/mol. The third kappa shape index (κ3) is 2.82. The Hall–Kier alpha value is -2.14. The third-order valence-corrected chi connectivity index (χ3v) is 2.62. The fourth-order valence-electron chi connectivity index (χ4n) is 1.71. The lowest BCUT2D eigenvalue weighted by Crippen LogP contribution is -2.03. The molecular formula is C14H13FO4. The first-order valence-corrected chi connectivity index (χ1v) is 5.61. The summed E-state index contributed by atoms with van der Waals surface area (Å²) in [5.74, 6) is 0.0194. The van der Waals surface area contributed by atoms with Gasteiger partial charge in [-0.15, -0.1) is 0 Å². The fraction of sp³-hybridized carbons (Fsp3) is 0.214. The van der Waals surface area contributed by atoms with Crippen LogP contribution in [0.3, 0.4) is 0 Å². The Kier molecular flexibility index (Phi) is 3.97. The molecule has 0 unspecified atom stereocenters. The van der Waals surface area contributed by atoms with Crippen molar-refractivity contribution in [3.8, 4) is 11.3 Å². The Bertz CT molecular complexity index is 572. The molecule has 0 saturated carbocycles. The zero-order valence-corrected chi connectivity index (χ0v) is 10.6. The average molecular weight is 264 g/mol. The lowest BCUT2D eigenvalue weighted by atomic mass is 10.1. The molecule has 0 N–H and O–H groups in total. The predicted octanol–water partition coefficient (Wildman–Crippen LogP) is 3.02. The normalized spacial score (nSPS) is 10.5. The molecule has 0 spiro atoms. The van der Waals surface area contributed by atoms with Crippen molar-refractivity contribution in [2.75, 3.05) is 14.2 Å². The number of benzene rings is 1. The number of ether oxygens (including phenoxy) is 2. The lowest BCUT2D eigenvalue weighted by molar-refractivity contribution is 0.0592. The summed E-state index contributed by atoms with van der Waals surface area (Å²) in [7, 11) is 2.80. The van der Waals surface area contributed by atoms with Crippen LogP contribution in [0.25, 0.3) is 11.3 Å². The second-order valence-corrected chi connectivity index (χ2v) is 3.88. The van der Waals surface area contributed by atoms with Crippen molar-refractivity contribution in [1.29, 1.82) is 0 Å². The molecule has 0 aliphatic carbocycles. The zero-order valence-electron chi connectivity index (χ0n) is 10.6. The van der Waals surface area contributed by atoms with E-state index in [4.69, 9.17) is 9.15 Å². The standard InChI is InChI=1S/C14H13FO4/c1-17-8-13-11(14(16)18-2)7-12(19-13)9-3-5-10(15)6-4-9/h3-7H,8H2,1-2H3. The summed E-state index contributed by atoms with van der Waals surface area (Å²) in [4.78, 5) is 11.6. The van der Waals surface area contributed by atoms with Gasteiger partial charge in [0, 0.05) is 12.7 Å². The van der Waals surface area contributed by atoms with E-state index in [0.29, 0.717) is 22.6 Å². The molecule has 100 valence electrons. The van der Waals surface area contributed by atoms with Crippen molar-refractivity contribution >= 4 is 5.97 Å². The molecule has 0 amide bonds. The van der Waals surface area contributed by atoms with E-state index in [0.717, 1.165) is 0 Å².